The highest BCUT2D eigenvalue weighted by atomic mass is 35.5. The summed E-state index contributed by atoms with van der Waals surface area (Å²) in [4.78, 5) is 0. The highest BCUT2D eigenvalue weighted by molar-refractivity contribution is 5.86. The minimum Gasteiger partial charge on any atom is -0.508 e. The first-order valence-electron chi connectivity index (χ1n) is 22.2. The van der Waals surface area contributed by atoms with Crippen LogP contribution in [0.2, 0.25) is 0 Å². The van der Waals surface area contributed by atoms with Crippen molar-refractivity contribution in [2.45, 2.75) is 114 Å². The number of nitrogens with one attached hydrogen (secondary N) is 4. The molecule has 4 aliphatic rings. The van der Waals surface area contributed by atoms with E-state index >= 15 is 0 Å². The van der Waals surface area contributed by atoms with Crippen molar-refractivity contribution in [3.8, 4) is 46.0 Å². The summed E-state index contributed by atoms with van der Waals surface area (Å²) in [5, 5.41) is 101. The summed E-state index contributed by atoms with van der Waals surface area (Å²) in [6.45, 7) is 2.85. The lowest BCUT2D eigenvalue weighted by Crippen LogP contribution is -2.31. The van der Waals surface area contributed by atoms with Gasteiger partial charge < -0.3 is 84.0 Å². The summed E-state index contributed by atoms with van der Waals surface area (Å²) in [7, 11) is 0. The van der Waals surface area contributed by atoms with E-state index in [2.05, 4.69) is 21.3 Å². The smallest absolute Gasteiger partial charge is 0.120 e. The Morgan fingerprint density at radius 1 is 0.324 bits per heavy atom. The molecule has 0 radical (unpaired) electrons. The number of hydrogen-bond donors (Lipinski definition) is 12. The van der Waals surface area contributed by atoms with Gasteiger partial charge in [-0.1, -0.05) is 12.8 Å². The molecule has 0 fully saturated rings. The van der Waals surface area contributed by atoms with Crippen LogP contribution in [0.5, 0.6) is 46.0 Å². The molecular formula is C48H74Cl4N4O12. The second kappa shape index (κ2) is 28.7. The van der Waals surface area contributed by atoms with Crippen molar-refractivity contribution >= 4 is 49.6 Å². The molecule has 0 aromatic heterocycles. The number of aromatic hydroxyl groups is 8. The van der Waals surface area contributed by atoms with Gasteiger partial charge in [0.1, 0.15) is 46.0 Å². The van der Waals surface area contributed by atoms with Crippen molar-refractivity contribution in [3.05, 3.63) is 93.0 Å². The maximum atomic E-state index is 11.0. The third kappa shape index (κ3) is 13.9. The Morgan fingerprint density at radius 2 is 0.515 bits per heavy atom. The van der Waals surface area contributed by atoms with E-state index in [-0.39, 0.29) is 154 Å². The van der Waals surface area contributed by atoms with E-state index < -0.39 is 0 Å². The van der Waals surface area contributed by atoms with Crippen LogP contribution in [0.4, 0.5) is 0 Å². The van der Waals surface area contributed by atoms with E-state index in [1.54, 1.807) is 48.5 Å². The van der Waals surface area contributed by atoms with Crippen LogP contribution < -0.4 is 21.3 Å². The number of phenols is 8. The molecule has 68 heavy (non-hydrogen) atoms. The van der Waals surface area contributed by atoms with Gasteiger partial charge in [0, 0.05) is 68.7 Å². The van der Waals surface area contributed by atoms with E-state index in [9.17, 15) is 40.9 Å². The van der Waals surface area contributed by atoms with Crippen LogP contribution in [0.1, 0.15) is 133 Å². The lowest BCUT2D eigenvalue weighted by Gasteiger charge is -2.33. The predicted octanol–water partition coefficient (Wildman–Crippen LogP) is 5.70. The molecule has 20 heteroatoms. The van der Waals surface area contributed by atoms with Crippen LogP contribution in [0.25, 0.3) is 0 Å². The Bertz CT molecular complexity index is 1900. The SMILES string of the molecule is Cl.Cl.Cl.Cl.O.O.O.O.Oc1ccc(O)c2c1CCNC2CCC(CCC(CCC1NCCc2c(O)ccc(O)c21)CCC1NCCc2c(O)ccc(O)c21)CCC1NCCc2c(O)ccc(O)c21. The number of hydrogen-bond acceptors (Lipinski definition) is 12. The first-order chi connectivity index (χ1) is 29.1. The molecule has 0 saturated carbocycles. The Labute approximate surface area is 422 Å². The molecule has 0 bridgehead atoms. The second-order valence-corrected chi connectivity index (χ2v) is 17.6. The second-order valence-electron chi connectivity index (χ2n) is 17.6. The molecule has 386 valence electrons. The summed E-state index contributed by atoms with van der Waals surface area (Å²) in [5.74, 6) is 2.24. The average molecular weight is 1040 g/mol. The Kier molecular flexibility index (Phi) is 27.1. The van der Waals surface area contributed by atoms with Gasteiger partial charge in [-0.05, 0) is 164 Å². The predicted molar refractivity (Wildman–Crippen MR) is 273 cm³/mol. The van der Waals surface area contributed by atoms with E-state index in [0.717, 1.165) is 109 Å². The molecule has 8 rings (SSSR count). The van der Waals surface area contributed by atoms with Crippen molar-refractivity contribution in [1.29, 1.82) is 0 Å². The van der Waals surface area contributed by atoms with E-state index in [1.165, 1.54) is 0 Å². The average Bonchev–Trinajstić information content (AvgIpc) is 3.26. The zero-order valence-electron chi connectivity index (χ0n) is 38.0. The molecule has 4 aromatic carbocycles. The van der Waals surface area contributed by atoms with Gasteiger partial charge in [-0.25, -0.2) is 0 Å². The van der Waals surface area contributed by atoms with Gasteiger partial charge in [0.2, 0.25) is 0 Å². The number of halogens is 4. The molecule has 0 saturated heterocycles. The fraction of sp³-hybridized carbons (Fsp3) is 0.500. The summed E-state index contributed by atoms with van der Waals surface area (Å²) in [6, 6.07) is 12.2. The van der Waals surface area contributed by atoms with Crippen molar-refractivity contribution in [3.63, 3.8) is 0 Å². The van der Waals surface area contributed by atoms with Crippen molar-refractivity contribution in [2.24, 2.45) is 11.8 Å². The van der Waals surface area contributed by atoms with Crippen LogP contribution >= 0.6 is 49.6 Å². The normalized spacial score (nSPS) is 19.4. The monoisotopic (exact) mass is 1040 g/mol. The highest BCUT2D eigenvalue weighted by Gasteiger charge is 2.32. The first-order valence-corrected chi connectivity index (χ1v) is 22.2. The zero-order valence-corrected chi connectivity index (χ0v) is 41.3. The minimum absolute atomic E-state index is 0. The minimum atomic E-state index is -0.100. The van der Waals surface area contributed by atoms with Crippen LogP contribution in [-0.2, 0) is 25.7 Å². The summed E-state index contributed by atoms with van der Waals surface area (Å²) in [6.07, 6.45) is 11.1. The molecule has 4 heterocycles. The maximum absolute atomic E-state index is 11.0. The highest BCUT2D eigenvalue weighted by Crippen LogP contribution is 2.45. The van der Waals surface area contributed by atoms with Gasteiger partial charge in [-0.2, -0.15) is 0 Å². The molecule has 4 aliphatic heterocycles. The quantitative estimate of drug-likeness (QED) is 0.0638. The molecule has 0 amide bonds. The van der Waals surface area contributed by atoms with Gasteiger partial charge >= 0.3 is 0 Å². The maximum Gasteiger partial charge on any atom is 0.120 e. The third-order valence-corrected chi connectivity index (χ3v) is 14.1. The standard InChI is InChI=1S/C48H62N4O8.4ClH.4H2O/c53-37-11-15-41(57)45-29(37)19-23-49-33(45)7-3-27(4-8-34-46-30(20-24-50-34)38(54)12-16-42(46)58)1-2-28(5-9-35-47-31(21-25-51-35)39(55)13-17-43(47)59)6-10-36-48-32(22-26-52-36)40(56)14-18-44(48)60;;;;;;;;/h11-18,27-28,33-36,49-60H,1-10,19-26H2;4*1H;4*1H2. The van der Waals surface area contributed by atoms with E-state index in [1.807, 2.05) is 0 Å². The molecule has 4 unspecified atom stereocenters. The fourth-order valence-electron chi connectivity index (χ4n) is 11.0. The lowest BCUT2D eigenvalue weighted by molar-refractivity contribution is 0.275. The number of benzene rings is 4. The molecule has 0 aliphatic carbocycles. The van der Waals surface area contributed by atoms with E-state index in [4.69, 9.17) is 0 Å². The summed E-state index contributed by atoms with van der Waals surface area (Å²) in [5.41, 5.74) is 6.36. The Morgan fingerprint density at radius 3 is 0.721 bits per heavy atom. The number of rotatable bonds is 15. The van der Waals surface area contributed by atoms with Gasteiger partial charge in [-0.3, -0.25) is 0 Å². The van der Waals surface area contributed by atoms with Crippen LogP contribution in [0, 0.1) is 11.8 Å². The first kappa shape index (κ1) is 64.1. The molecule has 4 atom stereocenters. The van der Waals surface area contributed by atoms with Gasteiger partial charge in [-0.15, -0.1) is 49.6 Å². The lowest BCUT2D eigenvalue weighted by atomic mass is 9.79. The molecule has 0 spiro atoms. The van der Waals surface area contributed by atoms with Crippen LogP contribution in [0.3, 0.4) is 0 Å². The number of phenolic OH excluding ortho intramolecular Hbond substituents is 8. The van der Waals surface area contributed by atoms with Gasteiger partial charge in [0.05, 0.1) is 0 Å². The van der Waals surface area contributed by atoms with Crippen molar-refractivity contribution < 1.29 is 62.8 Å². The molecule has 16 nitrogen and oxygen atoms in total. The Hall–Kier alpha value is -3.88. The fourth-order valence-corrected chi connectivity index (χ4v) is 11.0. The van der Waals surface area contributed by atoms with Crippen LogP contribution in [0.15, 0.2) is 48.5 Å². The summed E-state index contributed by atoms with van der Waals surface area (Å²) >= 11 is 0. The third-order valence-electron chi connectivity index (χ3n) is 14.1. The number of fused-ring (bicyclic) bond motifs is 4. The van der Waals surface area contributed by atoms with Gasteiger partial charge in [0.15, 0.2) is 0 Å². The van der Waals surface area contributed by atoms with E-state index in [0.29, 0.717) is 51.9 Å². The Balaban J connectivity index is 0.00000561. The van der Waals surface area contributed by atoms with Crippen molar-refractivity contribution in [2.75, 3.05) is 26.2 Å². The van der Waals surface area contributed by atoms with Crippen LogP contribution in [-0.4, -0.2) is 88.9 Å². The summed E-state index contributed by atoms with van der Waals surface area (Å²) < 4.78 is 0. The molecule has 20 N–H and O–H groups in total. The topological polar surface area (TPSA) is 336 Å². The largest absolute Gasteiger partial charge is 0.508 e. The molecule has 4 aromatic rings. The van der Waals surface area contributed by atoms with Gasteiger partial charge in [0.25, 0.3) is 0 Å². The van der Waals surface area contributed by atoms with Crippen molar-refractivity contribution in [1.82, 2.24) is 21.3 Å². The zero-order chi connectivity index (χ0) is 41.9. The molecular weight excluding hydrogens is 966 g/mol.